The van der Waals surface area contributed by atoms with Gasteiger partial charge in [-0.2, -0.15) is 0 Å². The third-order valence-electron chi connectivity index (χ3n) is 5.00. The average Bonchev–Trinajstić information content (AvgIpc) is 3.42. The maximum absolute atomic E-state index is 12.4. The summed E-state index contributed by atoms with van der Waals surface area (Å²) in [5.74, 6) is -0.0461. The van der Waals surface area contributed by atoms with Gasteiger partial charge >= 0.3 is 6.36 Å². The molecular formula is C21H20F3N7O3S. The minimum absolute atomic E-state index is 0.147. The van der Waals surface area contributed by atoms with Crippen LogP contribution in [-0.2, 0) is 16.0 Å². The summed E-state index contributed by atoms with van der Waals surface area (Å²) in [5.41, 5.74) is 0.357. The monoisotopic (exact) mass is 507 g/mol. The van der Waals surface area contributed by atoms with Crippen molar-refractivity contribution < 1.29 is 27.5 Å². The molecule has 2 amide bonds. The Morgan fingerprint density at radius 3 is 2.69 bits per heavy atom. The van der Waals surface area contributed by atoms with Gasteiger partial charge in [-0.25, -0.2) is 0 Å². The van der Waals surface area contributed by atoms with Gasteiger partial charge in [0.1, 0.15) is 10.8 Å². The number of carbonyl (C=O) groups excluding carboxylic acids is 2. The standard InChI is InChI=1S/C21H20F3N7O3S/c1-12(32)25-20-30-29-19(35-20)14-7-8-31(11-14)17-6-5-16(27-28-17)26-18(33)10-13-3-2-4-15(9-13)34-21(22,23)24/h2-6,9,14H,7-8,10-11H2,1H3,(H,25,30,32)(H,26,27,33). The highest BCUT2D eigenvalue weighted by molar-refractivity contribution is 7.15. The topological polar surface area (TPSA) is 122 Å². The van der Waals surface area contributed by atoms with E-state index in [1.807, 2.05) is 4.90 Å². The number of benzene rings is 1. The summed E-state index contributed by atoms with van der Waals surface area (Å²) in [7, 11) is 0. The fourth-order valence-electron chi connectivity index (χ4n) is 3.56. The molecular weight excluding hydrogens is 487 g/mol. The number of ether oxygens (including phenoxy) is 1. The number of nitrogens with one attached hydrogen (secondary N) is 2. The maximum Gasteiger partial charge on any atom is 0.573 e. The van der Waals surface area contributed by atoms with Crippen LogP contribution in [0.2, 0.25) is 0 Å². The Hall–Kier alpha value is -3.81. The fraction of sp³-hybridized carbons (Fsp3) is 0.333. The van der Waals surface area contributed by atoms with Crippen molar-refractivity contribution in [2.45, 2.75) is 32.0 Å². The van der Waals surface area contributed by atoms with Crippen molar-refractivity contribution in [2.75, 3.05) is 28.6 Å². The molecule has 2 N–H and O–H groups in total. The summed E-state index contributed by atoms with van der Waals surface area (Å²) in [6, 6.07) is 8.56. The molecule has 35 heavy (non-hydrogen) atoms. The first-order valence-corrected chi connectivity index (χ1v) is 11.3. The Bertz CT molecular complexity index is 1200. The van der Waals surface area contributed by atoms with E-state index in [-0.39, 0.29) is 24.1 Å². The molecule has 4 rings (SSSR count). The minimum atomic E-state index is -4.81. The SMILES string of the molecule is CC(=O)Nc1nnc(C2CCN(c3ccc(NC(=O)Cc4cccc(OC(F)(F)F)c4)nn3)C2)s1. The number of carbonyl (C=O) groups is 2. The van der Waals surface area contributed by atoms with Gasteiger partial charge < -0.3 is 20.3 Å². The Morgan fingerprint density at radius 1 is 1.14 bits per heavy atom. The molecule has 1 saturated heterocycles. The van der Waals surface area contributed by atoms with E-state index in [0.29, 0.717) is 23.1 Å². The third kappa shape index (κ3) is 6.85. The van der Waals surface area contributed by atoms with Gasteiger partial charge in [0.2, 0.25) is 16.9 Å². The Morgan fingerprint density at radius 2 is 1.97 bits per heavy atom. The number of halogens is 3. The molecule has 3 heterocycles. The Labute approximate surface area is 201 Å². The second-order valence-electron chi connectivity index (χ2n) is 7.76. The highest BCUT2D eigenvalue weighted by Crippen LogP contribution is 2.32. The first kappa shape index (κ1) is 24.3. The van der Waals surface area contributed by atoms with Gasteiger partial charge in [0.05, 0.1) is 6.42 Å². The van der Waals surface area contributed by atoms with Crippen LogP contribution in [0.15, 0.2) is 36.4 Å². The molecule has 1 fully saturated rings. The molecule has 0 bridgehead atoms. The first-order chi connectivity index (χ1) is 16.6. The predicted molar refractivity (Wildman–Crippen MR) is 121 cm³/mol. The van der Waals surface area contributed by atoms with Crippen molar-refractivity contribution >= 4 is 39.9 Å². The lowest BCUT2D eigenvalue weighted by Crippen LogP contribution is -2.21. The number of hydrogen-bond donors (Lipinski definition) is 2. The number of alkyl halides is 3. The predicted octanol–water partition coefficient (Wildman–Crippen LogP) is 3.36. The van der Waals surface area contributed by atoms with Crippen LogP contribution in [0.25, 0.3) is 0 Å². The second kappa shape index (κ2) is 10.2. The zero-order valence-corrected chi connectivity index (χ0v) is 19.2. The zero-order valence-electron chi connectivity index (χ0n) is 18.4. The van der Waals surface area contributed by atoms with Crippen LogP contribution in [0, 0.1) is 0 Å². The number of anilines is 3. The number of hydrogen-bond acceptors (Lipinski definition) is 9. The summed E-state index contributed by atoms with van der Waals surface area (Å²) >= 11 is 1.34. The molecule has 0 aliphatic carbocycles. The van der Waals surface area contributed by atoms with Crippen LogP contribution < -0.4 is 20.3 Å². The van der Waals surface area contributed by atoms with Gasteiger partial charge in [0.15, 0.2) is 11.6 Å². The molecule has 1 atom stereocenters. The minimum Gasteiger partial charge on any atom is -0.406 e. The van der Waals surface area contributed by atoms with E-state index in [0.717, 1.165) is 30.1 Å². The van der Waals surface area contributed by atoms with Gasteiger partial charge in [-0.1, -0.05) is 23.5 Å². The number of amides is 2. The van der Waals surface area contributed by atoms with Crippen LogP contribution >= 0.6 is 11.3 Å². The molecule has 1 aliphatic heterocycles. The van der Waals surface area contributed by atoms with E-state index in [1.54, 1.807) is 12.1 Å². The fourth-order valence-corrected chi connectivity index (χ4v) is 4.47. The van der Waals surface area contributed by atoms with Crippen molar-refractivity contribution in [2.24, 2.45) is 0 Å². The van der Waals surface area contributed by atoms with Gasteiger partial charge in [0.25, 0.3) is 0 Å². The van der Waals surface area contributed by atoms with Crippen LogP contribution in [-0.4, -0.2) is 51.7 Å². The quantitative estimate of drug-likeness (QED) is 0.499. The van der Waals surface area contributed by atoms with E-state index < -0.39 is 18.0 Å². The summed E-state index contributed by atoms with van der Waals surface area (Å²) < 4.78 is 41.0. The van der Waals surface area contributed by atoms with E-state index in [4.69, 9.17) is 0 Å². The number of nitrogens with zero attached hydrogens (tertiary/aromatic N) is 5. The molecule has 2 aromatic heterocycles. The summed E-state index contributed by atoms with van der Waals surface area (Å²) in [6.45, 7) is 2.80. The first-order valence-electron chi connectivity index (χ1n) is 10.5. The highest BCUT2D eigenvalue weighted by atomic mass is 32.1. The number of rotatable bonds is 7. The van der Waals surface area contributed by atoms with Crippen molar-refractivity contribution in [3.63, 3.8) is 0 Å². The van der Waals surface area contributed by atoms with E-state index in [9.17, 15) is 22.8 Å². The van der Waals surface area contributed by atoms with Crippen molar-refractivity contribution in [1.29, 1.82) is 0 Å². The molecule has 0 saturated carbocycles. The molecule has 3 aromatic rings. The summed E-state index contributed by atoms with van der Waals surface area (Å²) in [5, 5.41) is 22.9. The van der Waals surface area contributed by atoms with Crippen molar-refractivity contribution in [3.05, 3.63) is 47.0 Å². The van der Waals surface area contributed by atoms with Crippen LogP contribution in [0.5, 0.6) is 5.75 Å². The molecule has 0 spiro atoms. The highest BCUT2D eigenvalue weighted by Gasteiger charge is 2.31. The molecule has 1 aliphatic rings. The van der Waals surface area contributed by atoms with Gasteiger partial charge in [-0.3, -0.25) is 9.59 Å². The number of aromatic nitrogens is 4. The largest absolute Gasteiger partial charge is 0.573 e. The van der Waals surface area contributed by atoms with Crippen LogP contribution in [0.4, 0.5) is 29.9 Å². The molecule has 0 radical (unpaired) electrons. The van der Waals surface area contributed by atoms with Crippen molar-refractivity contribution in [3.8, 4) is 5.75 Å². The van der Waals surface area contributed by atoms with Gasteiger partial charge in [-0.15, -0.1) is 33.6 Å². The average molecular weight is 507 g/mol. The Balaban J connectivity index is 1.31. The van der Waals surface area contributed by atoms with Crippen molar-refractivity contribution in [1.82, 2.24) is 20.4 Å². The normalized spacial score (nSPS) is 15.7. The van der Waals surface area contributed by atoms with Gasteiger partial charge in [0, 0.05) is 25.9 Å². The molecule has 1 unspecified atom stereocenters. The zero-order chi connectivity index (χ0) is 25.0. The Kier molecular flexibility index (Phi) is 7.10. The molecule has 1 aromatic carbocycles. The summed E-state index contributed by atoms with van der Waals surface area (Å²) in [6.07, 6.45) is -4.12. The maximum atomic E-state index is 12.4. The lowest BCUT2D eigenvalue weighted by Gasteiger charge is -2.16. The third-order valence-corrected chi connectivity index (χ3v) is 6.00. The van der Waals surface area contributed by atoms with Crippen LogP contribution in [0.3, 0.4) is 0 Å². The molecule has 10 nitrogen and oxygen atoms in total. The lowest BCUT2D eigenvalue weighted by atomic mass is 10.1. The smallest absolute Gasteiger partial charge is 0.406 e. The van der Waals surface area contributed by atoms with Gasteiger partial charge in [-0.05, 0) is 36.2 Å². The van der Waals surface area contributed by atoms with Crippen LogP contribution in [0.1, 0.15) is 29.8 Å². The second-order valence-corrected chi connectivity index (χ2v) is 8.76. The van der Waals surface area contributed by atoms with E-state index in [2.05, 4.69) is 35.8 Å². The lowest BCUT2D eigenvalue weighted by molar-refractivity contribution is -0.274. The molecule has 184 valence electrons. The summed E-state index contributed by atoms with van der Waals surface area (Å²) in [4.78, 5) is 25.5. The van der Waals surface area contributed by atoms with E-state index in [1.165, 1.54) is 30.4 Å². The van der Waals surface area contributed by atoms with E-state index >= 15 is 0 Å². The molecule has 14 heteroatoms.